The summed E-state index contributed by atoms with van der Waals surface area (Å²) in [6.45, 7) is 1.39. The summed E-state index contributed by atoms with van der Waals surface area (Å²) in [6, 6.07) is 13.0. The van der Waals surface area contributed by atoms with E-state index in [2.05, 4.69) is 5.32 Å². The van der Waals surface area contributed by atoms with Crippen LogP contribution in [0.3, 0.4) is 0 Å². The SMILES string of the molecule is Cc1ccc(Cl)cc1NC(=O)CN(c1cccc(C#N)c1)S(C)(=O)=O. The third-order valence-electron chi connectivity index (χ3n) is 3.42. The minimum atomic E-state index is -3.71. The van der Waals surface area contributed by atoms with Crippen molar-refractivity contribution in [2.45, 2.75) is 6.92 Å². The topological polar surface area (TPSA) is 90.3 Å². The molecule has 2 aromatic carbocycles. The molecule has 130 valence electrons. The van der Waals surface area contributed by atoms with Gasteiger partial charge in [-0.3, -0.25) is 9.10 Å². The molecular formula is C17H16ClN3O3S. The van der Waals surface area contributed by atoms with Crippen LogP contribution in [0.1, 0.15) is 11.1 Å². The molecule has 25 heavy (non-hydrogen) atoms. The molecule has 0 fully saturated rings. The van der Waals surface area contributed by atoms with Crippen molar-refractivity contribution in [3.63, 3.8) is 0 Å². The monoisotopic (exact) mass is 377 g/mol. The lowest BCUT2D eigenvalue weighted by Gasteiger charge is -2.22. The van der Waals surface area contributed by atoms with Crippen LogP contribution in [-0.4, -0.2) is 27.1 Å². The Kier molecular flexibility index (Phi) is 5.67. The number of sulfonamides is 1. The Morgan fingerprint density at radius 1 is 1.28 bits per heavy atom. The van der Waals surface area contributed by atoms with Crippen LogP contribution in [0.2, 0.25) is 5.02 Å². The third kappa shape index (κ3) is 4.95. The minimum absolute atomic E-state index is 0.250. The minimum Gasteiger partial charge on any atom is -0.324 e. The van der Waals surface area contributed by atoms with Crippen LogP contribution in [0, 0.1) is 18.3 Å². The lowest BCUT2D eigenvalue weighted by atomic mass is 10.2. The van der Waals surface area contributed by atoms with Gasteiger partial charge >= 0.3 is 0 Å². The van der Waals surface area contributed by atoms with Gasteiger partial charge < -0.3 is 5.32 Å². The molecule has 0 aliphatic rings. The molecule has 0 spiro atoms. The van der Waals surface area contributed by atoms with Crippen LogP contribution in [0.25, 0.3) is 0 Å². The molecule has 0 radical (unpaired) electrons. The van der Waals surface area contributed by atoms with Crippen LogP contribution in [0.4, 0.5) is 11.4 Å². The van der Waals surface area contributed by atoms with E-state index >= 15 is 0 Å². The molecule has 2 aromatic rings. The third-order valence-corrected chi connectivity index (χ3v) is 4.80. The number of rotatable bonds is 5. The predicted octanol–water partition coefficient (Wildman–Crippen LogP) is 2.92. The van der Waals surface area contributed by atoms with Gasteiger partial charge in [0.2, 0.25) is 15.9 Å². The van der Waals surface area contributed by atoms with Gasteiger partial charge in [-0.15, -0.1) is 0 Å². The molecule has 0 atom stereocenters. The first-order chi connectivity index (χ1) is 11.7. The van der Waals surface area contributed by atoms with E-state index in [-0.39, 0.29) is 5.69 Å². The highest BCUT2D eigenvalue weighted by atomic mass is 35.5. The van der Waals surface area contributed by atoms with Crippen LogP contribution in [0.5, 0.6) is 0 Å². The second kappa shape index (κ2) is 7.55. The van der Waals surface area contributed by atoms with Crippen molar-refractivity contribution in [3.8, 4) is 6.07 Å². The number of benzene rings is 2. The molecule has 0 aliphatic carbocycles. The molecule has 0 saturated carbocycles. The Hall–Kier alpha value is -2.56. The summed E-state index contributed by atoms with van der Waals surface area (Å²) >= 11 is 5.92. The van der Waals surface area contributed by atoms with Gasteiger partial charge in [0.05, 0.1) is 23.6 Å². The van der Waals surface area contributed by atoms with Gasteiger partial charge in [0.25, 0.3) is 0 Å². The number of carbonyl (C=O) groups is 1. The molecule has 0 aliphatic heterocycles. The summed E-state index contributed by atoms with van der Waals surface area (Å²) in [5.41, 5.74) is 1.86. The first kappa shape index (κ1) is 18.8. The Labute approximate surface area is 151 Å². The lowest BCUT2D eigenvalue weighted by Crippen LogP contribution is -2.37. The summed E-state index contributed by atoms with van der Waals surface area (Å²) in [6.07, 6.45) is 1.00. The van der Waals surface area contributed by atoms with Crippen LogP contribution in [0.15, 0.2) is 42.5 Å². The zero-order chi connectivity index (χ0) is 18.6. The van der Waals surface area contributed by atoms with Crippen molar-refractivity contribution in [2.75, 3.05) is 22.4 Å². The maximum Gasteiger partial charge on any atom is 0.245 e. The van der Waals surface area contributed by atoms with Crippen LogP contribution >= 0.6 is 11.6 Å². The highest BCUT2D eigenvalue weighted by Gasteiger charge is 2.21. The molecule has 0 bridgehead atoms. The fraction of sp³-hybridized carbons (Fsp3) is 0.176. The number of anilines is 2. The van der Waals surface area contributed by atoms with Crippen LogP contribution in [-0.2, 0) is 14.8 Å². The molecular weight excluding hydrogens is 362 g/mol. The van der Waals surface area contributed by atoms with Gasteiger partial charge in [-0.05, 0) is 42.8 Å². The first-order valence-electron chi connectivity index (χ1n) is 7.24. The largest absolute Gasteiger partial charge is 0.324 e. The quantitative estimate of drug-likeness (QED) is 0.867. The first-order valence-corrected chi connectivity index (χ1v) is 9.47. The number of halogens is 1. The molecule has 1 amide bonds. The second-order valence-corrected chi connectivity index (χ2v) is 7.78. The molecule has 0 unspecified atom stereocenters. The number of amides is 1. The van der Waals surface area contributed by atoms with E-state index < -0.39 is 22.5 Å². The Bertz CT molecular complexity index is 952. The number of carbonyl (C=O) groups excluding carboxylic acids is 1. The van der Waals surface area contributed by atoms with E-state index in [1.54, 1.807) is 37.3 Å². The summed E-state index contributed by atoms with van der Waals surface area (Å²) < 4.78 is 25.1. The number of nitriles is 1. The number of hydrogen-bond donors (Lipinski definition) is 1. The molecule has 6 nitrogen and oxygen atoms in total. The fourth-order valence-corrected chi connectivity index (χ4v) is 3.20. The zero-order valence-corrected chi connectivity index (χ0v) is 15.2. The molecule has 1 N–H and O–H groups in total. The van der Waals surface area contributed by atoms with E-state index in [0.717, 1.165) is 16.1 Å². The summed E-state index contributed by atoms with van der Waals surface area (Å²) in [5, 5.41) is 12.1. The van der Waals surface area contributed by atoms with Gasteiger partial charge in [-0.2, -0.15) is 5.26 Å². The van der Waals surface area contributed by atoms with Gasteiger partial charge in [0.15, 0.2) is 0 Å². The number of hydrogen-bond acceptors (Lipinski definition) is 4. The maximum atomic E-state index is 12.3. The van der Waals surface area contributed by atoms with E-state index in [1.807, 2.05) is 6.07 Å². The molecule has 2 rings (SSSR count). The van der Waals surface area contributed by atoms with Gasteiger partial charge in [0.1, 0.15) is 6.54 Å². The fourth-order valence-electron chi connectivity index (χ4n) is 2.18. The Morgan fingerprint density at radius 2 is 2.00 bits per heavy atom. The van der Waals surface area contributed by atoms with Crippen molar-refractivity contribution in [3.05, 3.63) is 58.6 Å². The average Bonchev–Trinajstić information content (AvgIpc) is 2.55. The molecule has 0 heterocycles. The summed E-state index contributed by atoms with van der Waals surface area (Å²) in [7, 11) is -3.71. The lowest BCUT2D eigenvalue weighted by molar-refractivity contribution is -0.114. The van der Waals surface area contributed by atoms with E-state index in [1.165, 1.54) is 12.1 Å². The highest BCUT2D eigenvalue weighted by molar-refractivity contribution is 7.92. The van der Waals surface area contributed by atoms with Crippen molar-refractivity contribution in [2.24, 2.45) is 0 Å². The Balaban J connectivity index is 2.27. The second-order valence-electron chi connectivity index (χ2n) is 5.44. The van der Waals surface area contributed by atoms with Gasteiger partial charge in [-0.1, -0.05) is 23.7 Å². The smallest absolute Gasteiger partial charge is 0.245 e. The van der Waals surface area contributed by atoms with E-state index in [0.29, 0.717) is 16.3 Å². The predicted molar refractivity (Wildman–Crippen MR) is 98.2 cm³/mol. The van der Waals surface area contributed by atoms with Crippen LogP contribution < -0.4 is 9.62 Å². The van der Waals surface area contributed by atoms with Crippen molar-refractivity contribution in [1.82, 2.24) is 0 Å². The molecule has 8 heteroatoms. The van der Waals surface area contributed by atoms with Gasteiger partial charge in [0, 0.05) is 10.7 Å². The molecule has 0 aromatic heterocycles. The van der Waals surface area contributed by atoms with E-state index in [4.69, 9.17) is 16.9 Å². The highest BCUT2D eigenvalue weighted by Crippen LogP contribution is 2.22. The zero-order valence-electron chi connectivity index (χ0n) is 13.7. The number of aryl methyl sites for hydroxylation is 1. The van der Waals surface area contributed by atoms with Crippen molar-refractivity contribution >= 4 is 38.9 Å². The number of nitrogens with zero attached hydrogens (tertiary/aromatic N) is 2. The Morgan fingerprint density at radius 3 is 2.64 bits per heavy atom. The van der Waals surface area contributed by atoms with E-state index in [9.17, 15) is 13.2 Å². The number of nitrogens with one attached hydrogen (secondary N) is 1. The average molecular weight is 378 g/mol. The normalized spacial score (nSPS) is 10.8. The summed E-state index contributed by atoms with van der Waals surface area (Å²) in [4.78, 5) is 12.3. The van der Waals surface area contributed by atoms with Crippen molar-refractivity contribution < 1.29 is 13.2 Å². The standard InChI is InChI=1S/C17H16ClN3O3S/c1-12-6-7-14(18)9-16(12)20-17(22)11-21(25(2,23)24)15-5-3-4-13(8-15)10-19/h3-9H,11H2,1-2H3,(H,20,22). The maximum absolute atomic E-state index is 12.3. The molecule has 0 saturated heterocycles. The van der Waals surface area contributed by atoms with Gasteiger partial charge in [-0.25, -0.2) is 8.42 Å². The van der Waals surface area contributed by atoms with Crippen molar-refractivity contribution in [1.29, 1.82) is 5.26 Å². The summed E-state index contributed by atoms with van der Waals surface area (Å²) in [5.74, 6) is -0.516.